The van der Waals surface area contributed by atoms with E-state index < -0.39 is 0 Å². The second-order valence-corrected chi connectivity index (χ2v) is 4.73. The van der Waals surface area contributed by atoms with Gasteiger partial charge in [0.1, 0.15) is 10.6 Å². The quantitative estimate of drug-likeness (QED) is 0.603. The average molecular weight is 197 g/mol. The lowest BCUT2D eigenvalue weighted by molar-refractivity contribution is -0.0141. The van der Waals surface area contributed by atoms with Crippen LogP contribution in [0.4, 0.5) is 0 Å². The second-order valence-electron chi connectivity index (χ2n) is 3.65. The highest BCUT2D eigenvalue weighted by Gasteiger charge is 2.23. The van der Waals surface area contributed by atoms with Crippen LogP contribution in [-0.4, -0.2) is 16.4 Å². The van der Waals surface area contributed by atoms with Gasteiger partial charge in [0.2, 0.25) is 0 Å². The zero-order chi connectivity index (χ0) is 9.90. The fraction of sp³-hybridized carbons (Fsp3) is 0.600. The van der Waals surface area contributed by atoms with Gasteiger partial charge in [-0.15, -0.1) is 17.5 Å². The molecular weight excluding hydrogens is 182 g/mol. The molecule has 13 heavy (non-hydrogen) atoms. The van der Waals surface area contributed by atoms with Crippen LogP contribution in [0, 0.1) is 0 Å². The molecule has 0 amide bonds. The van der Waals surface area contributed by atoms with Crippen molar-refractivity contribution < 1.29 is 4.84 Å². The predicted octanol–water partition coefficient (Wildman–Crippen LogP) is 2.96. The molecule has 0 aliphatic carbocycles. The van der Waals surface area contributed by atoms with Crippen LogP contribution in [0.15, 0.2) is 23.0 Å². The van der Waals surface area contributed by atoms with Crippen LogP contribution >= 0.6 is 11.8 Å². The van der Waals surface area contributed by atoms with Crippen LogP contribution < -0.4 is 0 Å². The summed E-state index contributed by atoms with van der Waals surface area (Å²) in [5.41, 5.74) is 3.64. The lowest BCUT2D eigenvalue weighted by atomic mass is 10.1. The van der Waals surface area contributed by atoms with Crippen molar-refractivity contribution in [3.05, 3.63) is 17.9 Å². The maximum Gasteiger partial charge on any atom is 0.146 e. The third-order valence-electron chi connectivity index (χ3n) is 1.90. The third kappa shape index (κ3) is 2.94. The fourth-order valence-corrected chi connectivity index (χ4v) is 2.05. The summed E-state index contributed by atoms with van der Waals surface area (Å²) >= 11 is 1.70. The molecule has 0 aromatic carbocycles. The summed E-state index contributed by atoms with van der Waals surface area (Å²) < 4.78 is 0. The molecule has 1 rings (SSSR count). The van der Waals surface area contributed by atoms with E-state index in [1.807, 2.05) is 20.8 Å². The van der Waals surface area contributed by atoms with Crippen molar-refractivity contribution in [2.75, 3.05) is 5.75 Å². The molecule has 3 heteroatoms. The molecule has 0 atom stereocenters. The van der Waals surface area contributed by atoms with Gasteiger partial charge >= 0.3 is 0 Å². The number of rotatable bonds is 1. The summed E-state index contributed by atoms with van der Waals surface area (Å²) in [5, 5.41) is 4.99. The zero-order valence-corrected chi connectivity index (χ0v) is 9.20. The summed E-state index contributed by atoms with van der Waals surface area (Å²) in [7, 11) is 0. The summed E-state index contributed by atoms with van der Waals surface area (Å²) in [4.78, 5) is 5.40. The zero-order valence-electron chi connectivity index (χ0n) is 8.39. The second kappa shape index (κ2) is 4.03. The van der Waals surface area contributed by atoms with Crippen LogP contribution in [0.3, 0.4) is 0 Å². The van der Waals surface area contributed by atoms with Gasteiger partial charge in [0.15, 0.2) is 0 Å². The molecule has 2 nitrogen and oxygen atoms in total. The minimum absolute atomic E-state index is 0.143. The van der Waals surface area contributed by atoms with Crippen molar-refractivity contribution in [1.82, 2.24) is 0 Å². The summed E-state index contributed by atoms with van der Waals surface area (Å²) in [6, 6.07) is 0. The van der Waals surface area contributed by atoms with Crippen LogP contribution in [0.25, 0.3) is 0 Å². The van der Waals surface area contributed by atoms with E-state index in [2.05, 4.69) is 17.5 Å². The molecule has 0 spiro atoms. The lowest BCUT2D eigenvalue weighted by Gasteiger charge is -2.18. The number of thioether (sulfide) groups is 1. The SMILES string of the molecule is C=C=C(C)C1=NOC(C)(C)CCS1. The third-order valence-corrected chi connectivity index (χ3v) is 2.97. The highest BCUT2D eigenvalue weighted by molar-refractivity contribution is 8.14. The van der Waals surface area contributed by atoms with E-state index in [1.165, 1.54) is 0 Å². The lowest BCUT2D eigenvalue weighted by Crippen LogP contribution is -2.21. The highest BCUT2D eigenvalue weighted by atomic mass is 32.2. The van der Waals surface area contributed by atoms with Gasteiger partial charge in [-0.25, -0.2) is 0 Å². The Labute approximate surface area is 83.7 Å². The standard InChI is InChI=1S/C10H15NOS/c1-5-8(2)9-11-12-10(3,4)6-7-13-9/h1,6-7H2,2-4H3. The molecule has 1 heterocycles. The van der Waals surface area contributed by atoms with E-state index in [1.54, 1.807) is 11.8 Å². The van der Waals surface area contributed by atoms with Gasteiger partial charge in [0.05, 0.1) is 0 Å². The van der Waals surface area contributed by atoms with E-state index in [4.69, 9.17) is 4.84 Å². The van der Waals surface area contributed by atoms with Crippen LogP contribution in [0.2, 0.25) is 0 Å². The molecule has 0 saturated carbocycles. The van der Waals surface area contributed by atoms with Gasteiger partial charge in [0, 0.05) is 11.3 Å². The Kier molecular flexibility index (Phi) is 3.23. The molecule has 0 unspecified atom stereocenters. The van der Waals surface area contributed by atoms with Crippen molar-refractivity contribution in [3.63, 3.8) is 0 Å². The normalized spacial score (nSPS) is 20.7. The molecule has 0 aromatic rings. The first kappa shape index (κ1) is 10.4. The van der Waals surface area contributed by atoms with Crippen molar-refractivity contribution in [2.45, 2.75) is 32.8 Å². The van der Waals surface area contributed by atoms with Gasteiger partial charge in [0.25, 0.3) is 0 Å². The molecule has 72 valence electrons. The smallest absolute Gasteiger partial charge is 0.146 e. The molecule has 0 fully saturated rings. The van der Waals surface area contributed by atoms with E-state index in [9.17, 15) is 0 Å². The first-order chi connectivity index (χ1) is 6.05. The molecule has 0 bridgehead atoms. The summed E-state index contributed by atoms with van der Waals surface area (Å²) in [6.07, 6.45) is 1.01. The Morgan fingerprint density at radius 2 is 2.38 bits per heavy atom. The minimum Gasteiger partial charge on any atom is -0.389 e. The van der Waals surface area contributed by atoms with E-state index in [0.717, 1.165) is 22.8 Å². The highest BCUT2D eigenvalue weighted by Crippen LogP contribution is 2.25. The van der Waals surface area contributed by atoms with Crippen LogP contribution in [0.1, 0.15) is 27.2 Å². The van der Waals surface area contributed by atoms with Crippen molar-refractivity contribution in [1.29, 1.82) is 0 Å². The topological polar surface area (TPSA) is 21.6 Å². The van der Waals surface area contributed by atoms with Gasteiger partial charge in [-0.2, -0.15) is 0 Å². The molecular formula is C10H15NOS. The molecule has 1 aliphatic rings. The van der Waals surface area contributed by atoms with Crippen molar-refractivity contribution in [2.24, 2.45) is 5.16 Å². The van der Waals surface area contributed by atoms with Crippen LogP contribution in [-0.2, 0) is 4.84 Å². The Balaban J connectivity index is 2.79. The van der Waals surface area contributed by atoms with Gasteiger partial charge in [-0.05, 0) is 27.2 Å². The Morgan fingerprint density at radius 3 is 3.00 bits per heavy atom. The Bertz CT molecular complexity index is 275. The maximum atomic E-state index is 5.40. The van der Waals surface area contributed by atoms with Gasteiger partial charge < -0.3 is 4.84 Å². The minimum atomic E-state index is -0.143. The fourth-order valence-electron chi connectivity index (χ4n) is 0.883. The van der Waals surface area contributed by atoms with Crippen molar-refractivity contribution in [3.8, 4) is 0 Å². The first-order valence-electron chi connectivity index (χ1n) is 4.31. The molecule has 0 aromatic heterocycles. The molecule has 0 N–H and O–H groups in total. The molecule has 1 aliphatic heterocycles. The number of nitrogens with zero attached hydrogens (tertiary/aromatic N) is 1. The largest absolute Gasteiger partial charge is 0.389 e. The molecule has 0 saturated heterocycles. The number of hydrogen-bond donors (Lipinski definition) is 0. The average Bonchev–Trinajstić information content (AvgIpc) is 2.25. The monoisotopic (exact) mass is 197 g/mol. The summed E-state index contributed by atoms with van der Waals surface area (Å²) in [6.45, 7) is 9.63. The van der Waals surface area contributed by atoms with Gasteiger partial charge in [-0.1, -0.05) is 11.7 Å². The summed E-state index contributed by atoms with van der Waals surface area (Å²) in [5.74, 6) is 1.03. The maximum absolute atomic E-state index is 5.40. The Hall–Kier alpha value is -0.660. The number of hydrogen-bond acceptors (Lipinski definition) is 3. The van der Waals surface area contributed by atoms with E-state index >= 15 is 0 Å². The van der Waals surface area contributed by atoms with E-state index in [-0.39, 0.29) is 5.60 Å². The van der Waals surface area contributed by atoms with Crippen LogP contribution in [0.5, 0.6) is 0 Å². The van der Waals surface area contributed by atoms with Crippen molar-refractivity contribution >= 4 is 16.8 Å². The number of oxime groups is 1. The predicted molar refractivity (Wildman–Crippen MR) is 58.0 cm³/mol. The molecule has 0 radical (unpaired) electrons. The van der Waals surface area contributed by atoms with Gasteiger partial charge in [-0.3, -0.25) is 0 Å². The van der Waals surface area contributed by atoms with E-state index in [0.29, 0.717) is 0 Å². The Morgan fingerprint density at radius 1 is 1.69 bits per heavy atom. The first-order valence-corrected chi connectivity index (χ1v) is 5.30.